The van der Waals surface area contributed by atoms with Crippen molar-refractivity contribution in [2.75, 3.05) is 5.01 Å². The van der Waals surface area contributed by atoms with Crippen LogP contribution in [0.5, 0.6) is 0 Å². The summed E-state index contributed by atoms with van der Waals surface area (Å²) in [5.41, 5.74) is 1.73. The van der Waals surface area contributed by atoms with Gasteiger partial charge in [0.25, 0.3) is 0 Å². The van der Waals surface area contributed by atoms with Crippen LogP contribution in [0.15, 0.2) is 60.8 Å². The first-order valence-corrected chi connectivity index (χ1v) is 9.94. The molecule has 1 amide bonds. The molecule has 144 valence electrons. The Kier molecular flexibility index (Phi) is 4.64. The topological polar surface area (TPSA) is 59.2 Å². The van der Waals surface area contributed by atoms with Crippen LogP contribution in [0.25, 0.3) is 10.9 Å². The maximum absolute atomic E-state index is 13.6. The normalized spacial score (nSPS) is 15.9. The van der Waals surface area contributed by atoms with Crippen LogP contribution < -0.4 is 10.9 Å². The van der Waals surface area contributed by atoms with Gasteiger partial charge in [-0.1, -0.05) is 50.1 Å². The molecule has 3 aromatic rings. The lowest BCUT2D eigenvalue weighted by Crippen LogP contribution is -2.58. The van der Waals surface area contributed by atoms with Gasteiger partial charge in [0.05, 0.1) is 16.6 Å². The molecule has 2 N–H and O–H groups in total. The number of hydrogen-bond acceptors (Lipinski definition) is 3. The van der Waals surface area contributed by atoms with Crippen LogP contribution in [0.3, 0.4) is 0 Å². The predicted octanol–water partition coefficient (Wildman–Crippen LogP) is 5.24. The third-order valence-electron chi connectivity index (χ3n) is 6.44. The number of carbonyl (C=O) groups excluding carboxylic acids is 1. The van der Waals surface area contributed by atoms with Crippen molar-refractivity contribution in [3.05, 3.63) is 71.4 Å². The van der Waals surface area contributed by atoms with E-state index in [0.29, 0.717) is 10.7 Å². The summed E-state index contributed by atoms with van der Waals surface area (Å²) >= 11 is 6.08. The van der Waals surface area contributed by atoms with Gasteiger partial charge in [-0.05, 0) is 54.8 Å². The van der Waals surface area contributed by atoms with E-state index in [1.165, 1.54) is 5.01 Å². The van der Waals surface area contributed by atoms with Gasteiger partial charge in [0.1, 0.15) is 0 Å². The highest BCUT2D eigenvalue weighted by Crippen LogP contribution is 2.56. The van der Waals surface area contributed by atoms with Crippen LogP contribution in [-0.4, -0.2) is 10.9 Å². The van der Waals surface area contributed by atoms with Crippen molar-refractivity contribution in [2.45, 2.75) is 38.5 Å². The van der Waals surface area contributed by atoms with E-state index in [9.17, 15) is 4.79 Å². The molecular weight excluding hydrogens is 370 g/mol. The maximum Gasteiger partial charge on any atom is 0.247 e. The van der Waals surface area contributed by atoms with Crippen LogP contribution >= 0.6 is 11.6 Å². The van der Waals surface area contributed by atoms with Gasteiger partial charge in [-0.15, -0.1) is 0 Å². The molecule has 0 spiro atoms. The molecule has 0 aliphatic heterocycles. The van der Waals surface area contributed by atoms with E-state index in [1.54, 1.807) is 6.20 Å². The second kappa shape index (κ2) is 6.87. The molecule has 4 nitrogen and oxygen atoms in total. The minimum absolute atomic E-state index is 0.0986. The first kappa shape index (κ1) is 18.9. The lowest BCUT2D eigenvalue weighted by Gasteiger charge is -2.53. The molecule has 1 fully saturated rings. The monoisotopic (exact) mass is 393 g/mol. The van der Waals surface area contributed by atoms with Gasteiger partial charge in [0, 0.05) is 22.0 Å². The van der Waals surface area contributed by atoms with E-state index in [4.69, 9.17) is 17.4 Å². The molecule has 1 aromatic heterocycles. The van der Waals surface area contributed by atoms with Gasteiger partial charge in [0.2, 0.25) is 5.91 Å². The molecule has 4 rings (SSSR count). The number of nitrogens with two attached hydrogens (primary N) is 1. The van der Waals surface area contributed by atoms with Gasteiger partial charge in [0.15, 0.2) is 0 Å². The number of rotatable bonds is 4. The van der Waals surface area contributed by atoms with Crippen LogP contribution in [0.2, 0.25) is 5.02 Å². The third-order valence-corrected chi connectivity index (χ3v) is 6.69. The molecule has 0 unspecified atom stereocenters. The predicted molar refractivity (Wildman–Crippen MR) is 114 cm³/mol. The molecular formula is C23H24ClN3O. The van der Waals surface area contributed by atoms with Crippen LogP contribution in [-0.2, 0) is 10.2 Å². The van der Waals surface area contributed by atoms with Crippen molar-refractivity contribution < 1.29 is 4.79 Å². The second-order valence-corrected chi connectivity index (χ2v) is 8.53. The van der Waals surface area contributed by atoms with Gasteiger partial charge in [-0.25, -0.2) is 10.9 Å². The standard InChI is InChI=1S/C23H24ClN3O/c1-22(2,23(13-5-14-23)16-9-11-17(24)12-10-16)21(28)27(25)20-8-3-7-19-18(20)6-4-15-26-19/h3-4,6-12,15H,5,13-14,25H2,1-2H3. The fourth-order valence-corrected chi connectivity index (χ4v) is 4.61. The van der Waals surface area contributed by atoms with Crippen LogP contribution in [0.4, 0.5) is 5.69 Å². The van der Waals surface area contributed by atoms with E-state index in [0.717, 1.165) is 35.7 Å². The molecule has 0 atom stereocenters. The summed E-state index contributed by atoms with van der Waals surface area (Å²) in [5.74, 6) is 6.30. The van der Waals surface area contributed by atoms with Crippen molar-refractivity contribution in [1.82, 2.24) is 4.98 Å². The molecule has 0 bridgehead atoms. The number of nitrogens with zero attached hydrogens (tertiary/aromatic N) is 2. The zero-order valence-corrected chi connectivity index (χ0v) is 16.9. The number of hydrazine groups is 1. The molecule has 1 aliphatic rings. The molecule has 28 heavy (non-hydrogen) atoms. The van der Waals surface area contributed by atoms with Crippen molar-refractivity contribution in [2.24, 2.45) is 11.3 Å². The summed E-state index contributed by atoms with van der Waals surface area (Å²) in [6, 6.07) is 17.3. The van der Waals surface area contributed by atoms with Crippen LogP contribution in [0.1, 0.15) is 38.7 Å². The highest BCUT2D eigenvalue weighted by molar-refractivity contribution is 6.30. The van der Waals surface area contributed by atoms with Crippen molar-refractivity contribution in [3.63, 3.8) is 0 Å². The Labute approximate surface area is 170 Å². The Morgan fingerprint density at radius 2 is 1.82 bits per heavy atom. The molecule has 0 saturated heterocycles. The first-order valence-electron chi connectivity index (χ1n) is 9.56. The Bertz CT molecular complexity index is 1020. The number of pyridine rings is 1. The quantitative estimate of drug-likeness (QED) is 0.374. The molecule has 1 heterocycles. The Hall–Kier alpha value is -2.43. The van der Waals surface area contributed by atoms with E-state index in [1.807, 2.05) is 68.4 Å². The number of aromatic nitrogens is 1. The zero-order chi connectivity index (χ0) is 19.9. The summed E-state index contributed by atoms with van der Waals surface area (Å²) in [4.78, 5) is 18.0. The Morgan fingerprint density at radius 3 is 2.46 bits per heavy atom. The lowest BCUT2D eigenvalue weighted by molar-refractivity contribution is -0.133. The van der Waals surface area contributed by atoms with E-state index < -0.39 is 5.41 Å². The largest absolute Gasteiger partial charge is 0.272 e. The number of hydrogen-bond donors (Lipinski definition) is 1. The van der Waals surface area contributed by atoms with Gasteiger partial charge < -0.3 is 0 Å². The number of halogens is 1. The number of benzene rings is 2. The Morgan fingerprint density at radius 1 is 1.11 bits per heavy atom. The van der Waals surface area contributed by atoms with Gasteiger partial charge in [-0.3, -0.25) is 9.78 Å². The molecule has 0 radical (unpaired) electrons. The van der Waals surface area contributed by atoms with Crippen molar-refractivity contribution in [1.29, 1.82) is 0 Å². The van der Waals surface area contributed by atoms with E-state index in [-0.39, 0.29) is 11.3 Å². The van der Waals surface area contributed by atoms with E-state index >= 15 is 0 Å². The summed E-state index contributed by atoms with van der Waals surface area (Å²) in [7, 11) is 0. The minimum Gasteiger partial charge on any atom is -0.272 e. The molecule has 1 saturated carbocycles. The highest BCUT2D eigenvalue weighted by atomic mass is 35.5. The zero-order valence-electron chi connectivity index (χ0n) is 16.2. The smallest absolute Gasteiger partial charge is 0.247 e. The number of amides is 1. The van der Waals surface area contributed by atoms with E-state index in [2.05, 4.69) is 4.98 Å². The Balaban J connectivity index is 1.74. The average Bonchev–Trinajstić information content (AvgIpc) is 2.66. The fraction of sp³-hybridized carbons (Fsp3) is 0.304. The highest BCUT2D eigenvalue weighted by Gasteiger charge is 2.55. The summed E-state index contributed by atoms with van der Waals surface area (Å²) in [5, 5.41) is 2.87. The summed E-state index contributed by atoms with van der Waals surface area (Å²) < 4.78 is 0. The number of fused-ring (bicyclic) bond motifs is 1. The minimum atomic E-state index is -0.668. The molecule has 1 aliphatic carbocycles. The summed E-state index contributed by atoms with van der Waals surface area (Å²) in [6.07, 6.45) is 4.75. The second-order valence-electron chi connectivity index (χ2n) is 8.09. The third kappa shape index (κ3) is 2.79. The fourth-order valence-electron chi connectivity index (χ4n) is 4.49. The van der Waals surface area contributed by atoms with Crippen molar-refractivity contribution >= 4 is 34.1 Å². The molecule has 5 heteroatoms. The number of carbonyl (C=O) groups is 1. The molecule has 2 aromatic carbocycles. The maximum atomic E-state index is 13.6. The average molecular weight is 394 g/mol. The summed E-state index contributed by atoms with van der Waals surface area (Å²) in [6.45, 7) is 4.01. The van der Waals surface area contributed by atoms with Crippen molar-refractivity contribution in [3.8, 4) is 0 Å². The number of anilines is 1. The SMILES string of the molecule is CC(C)(C(=O)N(N)c1cccc2ncccc12)C1(c2ccc(Cl)cc2)CCC1. The lowest BCUT2D eigenvalue weighted by atomic mass is 9.51. The first-order chi connectivity index (χ1) is 13.4. The van der Waals surface area contributed by atoms with Gasteiger partial charge >= 0.3 is 0 Å². The van der Waals surface area contributed by atoms with Gasteiger partial charge in [-0.2, -0.15) is 0 Å². The van der Waals surface area contributed by atoms with Crippen LogP contribution in [0, 0.1) is 5.41 Å².